The predicted molar refractivity (Wildman–Crippen MR) is 89.5 cm³/mol. The van der Waals surface area contributed by atoms with E-state index in [1.165, 1.54) is 18.0 Å². The molecule has 0 aliphatic heterocycles. The molecule has 0 bridgehead atoms. The molecule has 1 N–H and O–H groups in total. The van der Waals surface area contributed by atoms with Crippen molar-refractivity contribution in [3.63, 3.8) is 0 Å². The number of thioether (sulfide) groups is 1. The molecule has 124 valence electrons. The molecule has 1 atom stereocenters. The summed E-state index contributed by atoms with van der Waals surface area (Å²) in [5.74, 6) is 2.08. The number of ether oxygens (including phenoxy) is 2. The Hall–Kier alpha value is -1.92. The second kappa shape index (κ2) is 8.64. The average molecular weight is 336 g/mol. The summed E-state index contributed by atoms with van der Waals surface area (Å²) in [5.41, 5.74) is 0.945. The van der Waals surface area contributed by atoms with Gasteiger partial charge in [0, 0.05) is 17.4 Å². The maximum atomic E-state index is 12.3. The number of aliphatic hydroxyl groups is 1. The summed E-state index contributed by atoms with van der Waals surface area (Å²) < 4.78 is 15.7. The molecule has 1 heterocycles. The summed E-state index contributed by atoms with van der Waals surface area (Å²) in [6.07, 6.45) is 1.77. The lowest BCUT2D eigenvalue weighted by Gasteiger charge is -2.17. The van der Waals surface area contributed by atoms with E-state index < -0.39 is 0 Å². The van der Waals surface area contributed by atoms with Gasteiger partial charge in [-0.2, -0.15) is 11.8 Å². The number of carbonyl (C=O) groups excluding carboxylic acids is 1. The number of methoxy groups -OCH3 is 2. The fraction of sp³-hybridized carbons (Fsp3) is 0.353. The van der Waals surface area contributed by atoms with Crippen molar-refractivity contribution in [1.29, 1.82) is 0 Å². The minimum Gasteiger partial charge on any atom is -0.493 e. The monoisotopic (exact) mass is 336 g/mol. The minimum absolute atomic E-state index is 0.0589. The van der Waals surface area contributed by atoms with Crippen molar-refractivity contribution in [2.75, 3.05) is 26.6 Å². The fourth-order valence-electron chi connectivity index (χ4n) is 2.23. The van der Waals surface area contributed by atoms with E-state index in [0.29, 0.717) is 23.0 Å². The summed E-state index contributed by atoms with van der Waals surface area (Å²) in [5, 5.41) is 9.00. The van der Waals surface area contributed by atoms with Gasteiger partial charge in [0.2, 0.25) is 0 Å². The van der Waals surface area contributed by atoms with Crippen LogP contribution in [0.15, 0.2) is 41.0 Å². The topological polar surface area (TPSA) is 68.9 Å². The molecule has 0 saturated heterocycles. The van der Waals surface area contributed by atoms with Crippen LogP contribution in [-0.4, -0.2) is 37.5 Å². The number of ketones is 1. The Kier molecular flexibility index (Phi) is 6.55. The van der Waals surface area contributed by atoms with Crippen molar-refractivity contribution in [2.45, 2.75) is 11.7 Å². The molecular weight excluding hydrogens is 316 g/mol. The summed E-state index contributed by atoms with van der Waals surface area (Å²) in [6, 6.07) is 8.94. The molecule has 23 heavy (non-hydrogen) atoms. The van der Waals surface area contributed by atoms with Crippen LogP contribution < -0.4 is 9.47 Å². The zero-order valence-electron chi connectivity index (χ0n) is 13.2. The number of furan rings is 1. The number of hydrogen-bond donors (Lipinski definition) is 1. The number of carbonyl (C=O) groups is 1. The Bertz CT molecular complexity index is 624. The molecular formula is C17H20O5S. The van der Waals surface area contributed by atoms with Gasteiger partial charge in [-0.25, -0.2) is 0 Å². The van der Waals surface area contributed by atoms with E-state index in [1.807, 2.05) is 18.2 Å². The first kappa shape index (κ1) is 17.4. The van der Waals surface area contributed by atoms with Gasteiger partial charge in [0.1, 0.15) is 0 Å². The SMILES string of the molecule is COc1ccc([C@H](CC(=O)c2ccco2)SCCO)cc1OC. The standard InChI is InChI=1S/C17H20O5S/c1-20-15-6-5-12(10-16(15)21-2)17(23-9-7-18)11-13(19)14-4-3-8-22-14/h3-6,8,10,17-18H,7,9,11H2,1-2H3/t17-/m0/s1. The third-order valence-electron chi connectivity index (χ3n) is 3.36. The van der Waals surface area contributed by atoms with Crippen molar-refractivity contribution in [1.82, 2.24) is 0 Å². The van der Waals surface area contributed by atoms with Gasteiger partial charge < -0.3 is 19.0 Å². The number of Topliss-reactive ketones (excluding diaryl/α,β-unsaturated/α-hetero) is 1. The normalized spacial score (nSPS) is 12.0. The van der Waals surface area contributed by atoms with Crippen LogP contribution in [0.3, 0.4) is 0 Å². The van der Waals surface area contributed by atoms with Gasteiger partial charge in [-0.1, -0.05) is 6.07 Å². The Morgan fingerprint density at radius 1 is 1.26 bits per heavy atom. The molecule has 1 aromatic heterocycles. The Morgan fingerprint density at radius 2 is 2.04 bits per heavy atom. The maximum absolute atomic E-state index is 12.3. The van der Waals surface area contributed by atoms with Crippen LogP contribution in [0.4, 0.5) is 0 Å². The molecule has 0 amide bonds. The lowest BCUT2D eigenvalue weighted by molar-refractivity contribution is 0.0955. The molecule has 0 unspecified atom stereocenters. The van der Waals surface area contributed by atoms with Crippen molar-refractivity contribution < 1.29 is 23.8 Å². The van der Waals surface area contributed by atoms with E-state index in [-0.39, 0.29) is 24.1 Å². The number of aliphatic hydroxyl groups excluding tert-OH is 1. The van der Waals surface area contributed by atoms with Gasteiger partial charge in [-0.05, 0) is 29.8 Å². The largest absolute Gasteiger partial charge is 0.493 e. The third kappa shape index (κ3) is 4.53. The first-order chi connectivity index (χ1) is 11.2. The van der Waals surface area contributed by atoms with Crippen LogP contribution in [0.2, 0.25) is 0 Å². The second-order valence-corrected chi connectivity index (χ2v) is 6.11. The molecule has 1 aromatic carbocycles. The van der Waals surface area contributed by atoms with Gasteiger partial charge in [0.25, 0.3) is 0 Å². The lowest BCUT2D eigenvalue weighted by Crippen LogP contribution is -2.06. The zero-order valence-corrected chi connectivity index (χ0v) is 14.0. The highest BCUT2D eigenvalue weighted by atomic mass is 32.2. The van der Waals surface area contributed by atoms with E-state index in [0.717, 1.165) is 5.56 Å². The lowest BCUT2D eigenvalue weighted by atomic mass is 10.1. The zero-order chi connectivity index (χ0) is 16.7. The molecule has 0 aliphatic rings. The fourth-order valence-corrected chi connectivity index (χ4v) is 3.23. The smallest absolute Gasteiger partial charge is 0.199 e. The molecule has 0 spiro atoms. The molecule has 0 aliphatic carbocycles. The number of benzene rings is 1. The van der Waals surface area contributed by atoms with Crippen molar-refractivity contribution in [3.8, 4) is 11.5 Å². The van der Waals surface area contributed by atoms with E-state index in [9.17, 15) is 4.79 Å². The Labute approximate surface area is 139 Å². The van der Waals surface area contributed by atoms with Gasteiger partial charge in [0.15, 0.2) is 23.0 Å². The molecule has 6 heteroatoms. The molecule has 0 radical (unpaired) electrons. The van der Waals surface area contributed by atoms with Gasteiger partial charge in [-0.3, -0.25) is 4.79 Å². The maximum Gasteiger partial charge on any atom is 0.199 e. The summed E-state index contributed by atoms with van der Waals surface area (Å²) in [6.45, 7) is 0.0589. The van der Waals surface area contributed by atoms with Crippen LogP contribution in [0, 0.1) is 0 Å². The van der Waals surface area contributed by atoms with E-state index in [4.69, 9.17) is 19.0 Å². The highest BCUT2D eigenvalue weighted by Crippen LogP contribution is 2.37. The van der Waals surface area contributed by atoms with E-state index >= 15 is 0 Å². The van der Waals surface area contributed by atoms with Crippen LogP contribution in [0.25, 0.3) is 0 Å². The van der Waals surface area contributed by atoms with Gasteiger partial charge in [0.05, 0.1) is 27.1 Å². The summed E-state index contributed by atoms with van der Waals surface area (Å²) in [4.78, 5) is 12.3. The average Bonchev–Trinajstić information content (AvgIpc) is 3.12. The van der Waals surface area contributed by atoms with Crippen molar-refractivity contribution in [2.24, 2.45) is 0 Å². The molecule has 5 nitrogen and oxygen atoms in total. The summed E-state index contributed by atoms with van der Waals surface area (Å²) in [7, 11) is 3.15. The summed E-state index contributed by atoms with van der Waals surface area (Å²) >= 11 is 1.52. The number of hydrogen-bond acceptors (Lipinski definition) is 6. The molecule has 2 rings (SSSR count). The second-order valence-electron chi connectivity index (χ2n) is 4.80. The van der Waals surface area contributed by atoms with E-state index in [1.54, 1.807) is 26.4 Å². The van der Waals surface area contributed by atoms with Gasteiger partial charge >= 0.3 is 0 Å². The molecule has 0 saturated carbocycles. The highest BCUT2D eigenvalue weighted by Gasteiger charge is 2.20. The first-order valence-corrected chi connectivity index (χ1v) is 8.25. The van der Waals surface area contributed by atoms with Crippen LogP contribution in [-0.2, 0) is 0 Å². The van der Waals surface area contributed by atoms with Crippen LogP contribution >= 0.6 is 11.8 Å². The Balaban J connectivity index is 2.22. The van der Waals surface area contributed by atoms with Crippen LogP contribution in [0.5, 0.6) is 11.5 Å². The predicted octanol–water partition coefficient (Wildman–Crippen LogP) is 3.34. The molecule has 2 aromatic rings. The first-order valence-electron chi connectivity index (χ1n) is 7.20. The van der Waals surface area contributed by atoms with Gasteiger partial charge in [-0.15, -0.1) is 0 Å². The van der Waals surface area contributed by atoms with Crippen molar-refractivity contribution in [3.05, 3.63) is 47.9 Å². The minimum atomic E-state index is -0.0976. The number of rotatable bonds is 9. The highest BCUT2D eigenvalue weighted by molar-refractivity contribution is 7.99. The molecule has 0 fully saturated rings. The quantitative estimate of drug-likeness (QED) is 0.708. The third-order valence-corrected chi connectivity index (χ3v) is 4.62. The van der Waals surface area contributed by atoms with Crippen molar-refractivity contribution >= 4 is 17.5 Å². The van der Waals surface area contributed by atoms with Crippen LogP contribution in [0.1, 0.15) is 27.8 Å². The van der Waals surface area contributed by atoms with E-state index in [2.05, 4.69) is 0 Å². The Morgan fingerprint density at radius 3 is 2.65 bits per heavy atom.